The maximum absolute atomic E-state index is 12.9. The number of nitrogens with one attached hydrogen (secondary N) is 2. The number of thiophene rings is 1. The van der Waals surface area contributed by atoms with Crippen LogP contribution in [0.2, 0.25) is 0 Å². The number of hydrogen-bond donors (Lipinski definition) is 2. The number of carbonyl (C=O) groups is 1. The van der Waals surface area contributed by atoms with Crippen LogP contribution in [0.5, 0.6) is 0 Å². The van der Waals surface area contributed by atoms with Crippen LogP contribution in [0, 0.1) is 23.2 Å². The summed E-state index contributed by atoms with van der Waals surface area (Å²) in [7, 11) is 0. The quantitative estimate of drug-likeness (QED) is 0.785. The van der Waals surface area contributed by atoms with Crippen LogP contribution in [0.25, 0.3) is 0 Å². The summed E-state index contributed by atoms with van der Waals surface area (Å²) in [6.07, 6.45) is 9.05. The van der Waals surface area contributed by atoms with Crippen LogP contribution < -0.4 is 10.2 Å². The summed E-state index contributed by atoms with van der Waals surface area (Å²) in [6, 6.07) is 4.72. The van der Waals surface area contributed by atoms with Crippen LogP contribution in [0.1, 0.15) is 55.9 Å². The van der Waals surface area contributed by atoms with E-state index < -0.39 is 0 Å². The van der Waals surface area contributed by atoms with Gasteiger partial charge in [-0.15, -0.1) is 11.3 Å². The van der Waals surface area contributed by atoms with Crippen LogP contribution in [-0.4, -0.2) is 38.8 Å². The zero-order valence-electron chi connectivity index (χ0n) is 16.3. The highest BCUT2D eigenvalue weighted by atomic mass is 32.1. The molecule has 1 aromatic rings. The summed E-state index contributed by atoms with van der Waals surface area (Å²) in [4.78, 5) is 15.9. The molecule has 0 aromatic carbocycles. The Balaban J connectivity index is 1.21. The van der Waals surface area contributed by atoms with E-state index in [0.29, 0.717) is 17.4 Å². The second kappa shape index (κ2) is 7.49. The third-order valence-electron chi connectivity index (χ3n) is 7.72. The molecule has 2 heterocycles. The van der Waals surface area contributed by atoms with Crippen LogP contribution in [0.15, 0.2) is 17.5 Å². The van der Waals surface area contributed by atoms with E-state index in [9.17, 15) is 4.79 Å². The summed E-state index contributed by atoms with van der Waals surface area (Å²) in [5, 5.41) is 5.50. The summed E-state index contributed by atoms with van der Waals surface area (Å²) < 4.78 is 5.55. The summed E-state index contributed by atoms with van der Waals surface area (Å²) >= 11 is 1.82. The fraction of sp³-hybridized carbons (Fsp3) is 0.773. The number of amides is 1. The van der Waals surface area contributed by atoms with Crippen molar-refractivity contribution in [2.45, 2.75) is 51.0 Å². The van der Waals surface area contributed by atoms with E-state index in [1.54, 1.807) is 4.90 Å². The van der Waals surface area contributed by atoms with Crippen molar-refractivity contribution < 1.29 is 14.4 Å². The average molecular weight is 390 g/mol. The van der Waals surface area contributed by atoms with Crippen molar-refractivity contribution >= 4 is 17.2 Å². The second-order valence-electron chi connectivity index (χ2n) is 9.74. The van der Waals surface area contributed by atoms with Gasteiger partial charge in [-0.25, -0.2) is 0 Å². The van der Waals surface area contributed by atoms with Gasteiger partial charge in [-0.3, -0.25) is 4.79 Å². The lowest BCUT2D eigenvalue weighted by Crippen LogP contribution is -3.15. The summed E-state index contributed by atoms with van der Waals surface area (Å²) in [6.45, 7) is 4.50. The fourth-order valence-corrected chi connectivity index (χ4v) is 7.93. The third-order valence-corrected chi connectivity index (χ3v) is 8.70. The standard InChI is InChI=1S/C22H32N2O2S/c25-21(14-22-11-16-8-17(12-22)10-18(9-16)13-22)23-15-19(20-2-1-7-27-20)24-3-5-26-6-4-24/h1-2,7,16-19H,3-6,8-15H2,(H,23,25)/p+1/t16?,17?,18?,19-,22?/m0/s1. The van der Waals surface area contributed by atoms with Crippen molar-refractivity contribution in [3.63, 3.8) is 0 Å². The maximum Gasteiger partial charge on any atom is 0.220 e. The number of quaternary nitrogens is 1. The normalized spacial score (nSPS) is 36.7. The molecule has 1 amide bonds. The van der Waals surface area contributed by atoms with Crippen molar-refractivity contribution in [1.29, 1.82) is 0 Å². The predicted molar refractivity (Wildman–Crippen MR) is 107 cm³/mol. The van der Waals surface area contributed by atoms with Crippen LogP contribution in [0.4, 0.5) is 0 Å². The molecule has 1 atom stereocenters. The van der Waals surface area contributed by atoms with Crippen molar-refractivity contribution in [1.82, 2.24) is 5.32 Å². The minimum Gasteiger partial charge on any atom is -0.370 e. The predicted octanol–water partition coefficient (Wildman–Crippen LogP) is 2.43. The van der Waals surface area contributed by atoms with E-state index in [1.807, 2.05) is 11.3 Å². The van der Waals surface area contributed by atoms with Crippen molar-refractivity contribution in [3.8, 4) is 0 Å². The molecular weight excluding hydrogens is 356 g/mol. The lowest BCUT2D eigenvalue weighted by Gasteiger charge is -2.56. The highest BCUT2D eigenvalue weighted by molar-refractivity contribution is 7.10. The number of ether oxygens (including phenoxy) is 1. The number of morpholine rings is 1. The fourth-order valence-electron chi connectivity index (χ4n) is 7.04. The first-order valence-corrected chi connectivity index (χ1v) is 11.8. The van der Waals surface area contributed by atoms with Gasteiger partial charge in [0.2, 0.25) is 5.91 Å². The Labute approximate surface area is 166 Å². The van der Waals surface area contributed by atoms with E-state index >= 15 is 0 Å². The van der Waals surface area contributed by atoms with Gasteiger partial charge in [0.05, 0.1) is 24.6 Å². The maximum atomic E-state index is 12.9. The number of hydrogen-bond acceptors (Lipinski definition) is 3. The lowest BCUT2D eigenvalue weighted by atomic mass is 9.49. The summed E-state index contributed by atoms with van der Waals surface area (Å²) in [5.74, 6) is 3.05. The highest BCUT2D eigenvalue weighted by Gasteiger charge is 2.51. The Hall–Kier alpha value is -0.910. The zero-order chi connectivity index (χ0) is 18.3. The van der Waals surface area contributed by atoms with Crippen LogP contribution in [0.3, 0.4) is 0 Å². The molecule has 5 heteroatoms. The van der Waals surface area contributed by atoms with Crippen molar-refractivity contribution in [2.75, 3.05) is 32.8 Å². The van der Waals surface area contributed by atoms with Gasteiger partial charge in [-0.1, -0.05) is 6.07 Å². The minimum absolute atomic E-state index is 0.297. The van der Waals surface area contributed by atoms with Gasteiger partial charge in [0.1, 0.15) is 19.1 Å². The molecule has 4 nitrogen and oxygen atoms in total. The lowest BCUT2D eigenvalue weighted by molar-refractivity contribution is -0.937. The minimum atomic E-state index is 0.297. The molecule has 5 aliphatic rings. The molecule has 5 fully saturated rings. The number of carbonyl (C=O) groups excluding carboxylic acids is 1. The molecule has 4 aliphatic carbocycles. The molecule has 1 aromatic heterocycles. The van der Waals surface area contributed by atoms with Gasteiger partial charge < -0.3 is 15.0 Å². The molecule has 0 spiro atoms. The summed E-state index contributed by atoms with van der Waals surface area (Å²) in [5.41, 5.74) is 0.336. The van der Waals surface area contributed by atoms with Gasteiger partial charge in [-0.05, 0) is 73.1 Å². The highest BCUT2D eigenvalue weighted by Crippen LogP contribution is 2.61. The molecule has 4 bridgehead atoms. The molecule has 148 valence electrons. The molecule has 4 saturated carbocycles. The molecular formula is C22H33N2O2S+. The monoisotopic (exact) mass is 389 g/mol. The molecule has 27 heavy (non-hydrogen) atoms. The Morgan fingerprint density at radius 2 is 1.85 bits per heavy atom. The third kappa shape index (κ3) is 3.83. The SMILES string of the molecule is O=C(CC12CC3CC(CC(C3)C1)C2)NC[C@@H](c1cccs1)[NH+]1CCOCC1. The topological polar surface area (TPSA) is 42.8 Å². The average Bonchev–Trinajstić information content (AvgIpc) is 3.15. The Bertz CT molecular complexity index is 618. The first kappa shape index (κ1) is 18.1. The molecule has 0 unspecified atom stereocenters. The molecule has 1 aliphatic heterocycles. The molecule has 2 N–H and O–H groups in total. The van der Waals surface area contributed by atoms with E-state index in [0.717, 1.165) is 57.0 Å². The first-order valence-electron chi connectivity index (χ1n) is 10.9. The first-order chi connectivity index (χ1) is 13.2. The van der Waals surface area contributed by atoms with Gasteiger partial charge >= 0.3 is 0 Å². The van der Waals surface area contributed by atoms with Gasteiger partial charge in [0.25, 0.3) is 0 Å². The number of rotatable bonds is 6. The molecule has 6 rings (SSSR count). The van der Waals surface area contributed by atoms with E-state index in [4.69, 9.17) is 4.74 Å². The van der Waals surface area contributed by atoms with Gasteiger partial charge in [-0.2, -0.15) is 0 Å². The second-order valence-corrected chi connectivity index (χ2v) is 10.7. The Morgan fingerprint density at radius 3 is 2.44 bits per heavy atom. The zero-order valence-corrected chi connectivity index (χ0v) is 17.1. The van der Waals surface area contributed by atoms with Crippen molar-refractivity contribution in [2.24, 2.45) is 23.2 Å². The van der Waals surface area contributed by atoms with E-state index in [2.05, 4.69) is 22.8 Å². The van der Waals surface area contributed by atoms with Gasteiger partial charge in [0, 0.05) is 6.42 Å². The Kier molecular flexibility index (Phi) is 5.03. The van der Waals surface area contributed by atoms with E-state index in [-0.39, 0.29) is 0 Å². The molecule has 0 radical (unpaired) electrons. The Morgan fingerprint density at radius 1 is 1.19 bits per heavy atom. The van der Waals surface area contributed by atoms with Gasteiger partial charge in [0.15, 0.2) is 0 Å². The largest absolute Gasteiger partial charge is 0.370 e. The van der Waals surface area contributed by atoms with Crippen LogP contribution in [-0.2, 0) is 9.53 Å². The smallest absolute Gasteiger partial charge is 0.220 e. The van der Waals surface area contributed by atoms with Crippen molar-refractivity contribution in [3.05, 3.63) is 22.4 Å². The van der Waals surface area contributed by atoms with Crippen LogP contribution >= 0.6 is 11.3 Å². The molecule has 1 saturated heterocycles. The van der Waals surface area contributed by atoms with E-state index in [1.165, 1.54) is 43.4 Å².